The average Bonchev–Trinajstić information content (AvgIpc) is 2.75. The van der Waals surface area contributed by atoms with Crippen LogP contribution in [0.5, 0.6) is 0 Å². The number of rotatable bonds is 3. The van der Waals surface area contributed by atoms with E-state index >= 15 is 0 Å². The standard InChI is InChI=1S/C13H18ClN3O/c1-13(2,3)15-7-11(18)8-4-5-10(14)12-9(8)6-16-17-12/h4-6,11,15,18H,7H2,1-3H3,(H,16,17)/t11-/m0/s1. The number of nitrogens with one attached hydrogen (secondary N) is 2. The predicted octanol–water partition coefficient (Wildman–Crippen LogP) is 2.64. The van der Waals surface area contributed by atoms with Gasteiger partial charge in [0.2, 0.25) is 0 Å². The van der Waals surface area contributed by atoms with Crippen molar-refractivity contribution in [3.05, 3.63) is 28.9 Å². The summed E-state index contributed by atoms with van der Waals surface area (Å²) in [6.07, 6.45) is 1.11. The zero-order valence-corrected chi connectivity index (χ0v) is 11.5. The Morgan fingerprint density at radius 2 is 2.17 bits per heavy atom. The van der Waals surface area contributed by atoms with E-state index in [0.29, 0.717) is 11.6 Å². The van der Waals surface area contributed by atoms with Crippen molar-refractivity contribution in [2.45, 2.75) is 32.4 Å². The number of aromatic nitrogens is 2. The van der Waals surface area contributed by atoms with Crippen molar-refractivity contribution in [3.63, 3.8) is 0 Å². The lowest BCUT2D eigenvalue weighted by Crippen LogP contribution is -2.38. The van der Waals surface area contributed by atoms with Gasteiger partial charge in [0.25, 0.3) is 0 Å². The van der Waals surface area contributed by atoms with Crippen molar-refractivity contribution in [1.82, 2.24) is 15.5 Å². The third-order valence-corrected chi connectivity index (χ3v) is 3.10. The first kappa shape index (κ1) is 13.3. The van der Waals surface area contributed by atoms with Crippen LogP contribution in [0, 0.1) is 0 Å². The predicted molar refractivity (Wildman–Crippen MR) is 73.8 cm³/mol. The fourth-order valence-electron chi connectivity index (χ4n) is 1.83. The summed E-state index contributed by atoms with van der Waals surface area (Å²) in [4.78, 5) is 0. The molecule has 0 radical (unpaired) electrons. The zero-order chi connectivity index (χ0) is 13.3. The molecule has 0 fully saturated rings. The molecular formula is C13H18ClN3O. The van der Waals surface area contributed by atoms with Crippen molar-refractivity contribution < 1.29 is 5.11 Å². The number of H-pyrrole nitrogens is 1. The van der Waals surface area contributed by atoms with Crippen molar-refractivity contribution in [3.8, 4) is 0 Å². The molecule has 0 unspecified atom stereocenters. The van der Waals surface area contributed by atoms with E-state index in [0.717, 1.165) is 16.5 Å². The highest BCUT2D eigenvalue weighted by molar-refractivity contribution is 6.35. The van der Waals surface area contributed by atoms with Gasteiger partial charge in [-0.2, -0.15) is 5.10 Å². The Kier molecular flexibility index (Phi) is 3.61. The summed E-state index contributed by atoms with van der Waals surface area (Å²) < 4.78 is 0. The number of aliphatic hydroxyl groups is 1. The minimum Gasteiger partial charge on any atom is -0.387 e. The van der Waals surface area contributed by atoms with Crippen molar-refractivity contribution in [2.75, 3.05) is 6.54 Å². The summed E-state index contributed by atoms with van der Waals surface area (Å²) in [6, 6.07) is 3.62. The van der Waals surface area contributed by atoms with Gasteiger partial charge in [-0.15, -0.1) is 0 Å². The van der Waals surface area contributed by atoms with Gasteiger partial charge < -0.3 is 10.4 Å². The van der Waals surface area contributed by atoms with Gasteiger partial charge in [0.05, 0.1) is 22.8 Å². The Morgan fingerprint density at radius 3 is 2.83 bits per heavy atom. The Morgan fingerprint density at radius 1 is 1.44 bits per heavy atom. The van der Waals surface area contributed by atoms with Gasteiger partial charge in [-0.25, -0.2) is 0 Å². The Hall–Kier alpha value is -1.10. The van der Waals surface area contributed by atoms with Crippen LogP contribution < -0.4 is 5.32 Å². The molecule has 1 atom stereocenters. The number of aromatic amines is 1. The van der Waals surface area contributed by atoms with E-state index in [-0.39, 0.29) is 5.54 Å². The number of nitrogens with zero attached hydrogens (tertiary/aromatic N) is 1. The van der Waals surface area contributed by atoms with E-state index in [9.17, 15) is 5.11 Å². The molecule has 2 rings (SSSR count). The summed E-state index contributed by atoms with van der Waals surface area (Å²) in [7, 11) is 0. The van der Waals surface area contributed by atoms with Crippen LogP contribution in [0.25, 0.3) is 10.9 Å². The van der Waals surface area contributed by atoms with Crippen LogP contribution >= 0.6 is 11.6 Å². The van der Waals surface area contributed by atoms with Crippen molar-refractivity contribution in [2.24, 2.45) is 0 Å². The van der Waals surface area contributed by atoms with Crippen LogP contribution in [0.3, 0.4) is 0 Å². The monoisotopic (exact) mass is 267 g/mol. The number of halogens is 1. The van der Waals surface area contributed by atoms with Gasteiger partial charge in [-0.05, 0) is 32.4 Å². The molecule has 5 heteroatoms. The first-order valence-electron chi connectivity index (χ1n) is 5.93. The molecule has 1 heterocycles. The largest absolute Gasteiger partial charge is 0.387 e. The van der Waals surface area contributed by atoms with E-state index in [1.807, 2.05) is 6.07 Å². The molecule has 0 aliphatic carbocycles. The van der Waals surface area contributed by atoms with E-state index in [1.54, 1.807) is 12.3 Å². The molecule has 0 aliphatic heterocycles. The molecule has 0 saturated heterocycles. The maximum absolute atomic E-state index is 10.2. The summed E-state index contributed by atoms with van der Waals surface area (Å²) in [5.74, 6) is 0. The lowest BCUT2D eigenvalue weighted by Gasteiger charge is -2.23. The molecule has 0 amide bonds. The number of hydrogen-bond acceptors (Lipinski definition) is 3. The SMILES string of the molecule is CC(C)(C)NC[C@H](O)c1ccc(Cl)c2[nH]ncc12. The summed E-state index contributed by atoms with van der Waals surface area (Å²) >= 11 is 6.06. The fourth-order valence-corrected chi connectivity index (χ4v) is 2.03. The molecule has 1 aromatic carbocycles. The second-order valence-electron chi connectivity index (χ2n) is 5.44. The summed E-state index contributed by atoms with van der Waals surface area (Å²) in [5, 5.41) is 21.8. The van der Waals surface area contributed by atoms with Crippen LogP contribution in [-0.2, 0) is 0 Å². The third kappa shape index (κ3) is 2.83. The van der Waals surface area contributed by atoms with Gasteiger partial charge in [-0.3, -0.25) is 5.10 Å². The second-order valence-corrected chi connectivity index (χ2v) is 5.85. The van der Waals surface area contributed by atoms with Crippen LogP contribution in [0.4, 0.5) is 0 Å². The van der Waals surface area contributed by atoms with Gasteiger partial charge >= 0.3 is 0 Å². The average molecular weight is 268 g/mol. The summed E-state index contributed by atoms with van der Waals surface area (Å²) in [5.41, 5.74) is 1.58. The van der Waals surface area contributed by atoms with Crippen molar-refractivity contribution in [1.29, 1.82) is 0 Å². The van der Waals surface area contributed by atoms with Crippen LogP contribution in [-0.4, -0.2) is 27.4 Å². The Balaban J connectivity index is 2.25. The molecule has 0 bridgehead atoms. The number of hydrogen-bond donors (Lipinski definition) is 3. The number of aliphatic hydroxyl groups excluding tert-OH is 1. The summed E-state index contributed by atoms with van der Waals surface area (Å²) in [6.45, 7) is 6.68. The third-order valence-electron chi connectivity index (χ3n) is 2.78. The number of benzene rings is 1. The first-order chi connectivity index (χ1) is 8.38. The second kappa shape index (κ2) is 4.88. The molecule has 0 aliphatic rings. The highest BCUT2D eigenvalue weighted by Crippen LogP contribution is 2.28. The molecule has 98 valence electrons. The number of β-amino-alcohol motifs (C(OH)–C–C–N with tert-alkyl or cyclic N) is 1. The quantitative estimate of drug-likeness (QED) is 0.801. The molecular weight excluding hydrogens is 250 g/mol. The lowest BCUT2D eigenvalue weighted by atomic mass is 10.0. The smallest absolute Gasteiger partial charge is 0.0921 e. The van der Waals surface area contributed by atoms with Gasteiger partial charge in [0, 0.05) is 17.5 Å². The highest BCUT2D eigenvalue weighted by atomic mass is 35.5. The van der Waals surface area contributed by atoms with E-state index in [1.165, 1.54) is 0 Å². The molecule has 2 aromatic rings. The Bertz CT molecular complexity index is 545. The maximum Gasteiger partial charge on any atom is 0.0921 e. The van der Waals surface area contributed by atoms with Gasteiger partial charge in [0.1, 0.15) is 0 Å². The molecule has 18 heavy (non-hydrogen) atoms. The molecule has 1 aromatic heterocycles. The first-order valence-corrected chi connectivity index (χ1v) is 6.31. The topological polar surface area (TPSA) is 60.9 Å². The van der Waals surface area contributed by atoms with Crippen LogP contribution in [0.1, 0.15) is 32.4 Å². The van der Waals surface area contributed by atoms with E-state index in [2.05, 4.69) is 36.3 Å². The Labute approximate surface area is 111 Å². The van der Waals surface area contributed by atoms with Crippen LogP contribution in [0.2, 0.25) is 5.02 Å². The minimum absolute atomic E-state index is 0.0249. The zero-order valence-electron chi connectivity index (χ0n) is 10.8. The van der Waals surface area contributed by atoms with Crippen LogP contribution in [0.15, 0.2) is 18.3 Å². The fraction of sp³-hybridized carbons (Fsp3) is 0.462. The van der Waals surface area contributed by atoms with Crippen molar-refractivity contribution >= 4 is 22.5 Å². The maximum atomic E-state index is 10.2. The molecule has 4 nitrogen and oxygen atoms in total. The van der Waals surface area contributed by atoms with E-state index < -0.39 is 6.10 Å². The molecule has 0 spiro atoms. The molecule has 0 saturated carbocycles. The highest BCUT2D eigenvalue weighted by Gasteiger charge is 2.17. The van der Waals surface area contributed by atoms with Gasteiger partial charge in [-0.1, -0.05) is 17.7 Å². The van der Waals surface area contributed by atoms with E-state index in [4.69, 9.17) is 11.6 Å². The molecule has 3 N–H and O–H groups in total. The normalized spacial score (nSPS) is 14.1. The number of fused-ring (bicyclic) bond motifs is 1. The minimum atomic E-state index is -0.582. The van der Waals surface area contributed by atoms with Gasteiger partial charge in [0.15, 0.2) is 0 Å². The lowest BCUT2D eigenvalue weighted by molar-refractivity contribution is 0.164.